The monoisotopic (exact) mass is 641 g/mol. The summed E-state index contributed by atoms with van der Waals surface area (Å²) in [6.07, 6.45) is 13.9. The summed E-state index contributed by atoms with van der Waals surface area (Å²) in [7, 11) is 4.26. The van der Waals surface area contributed by atoms with Gasteiger partial charge in [-0.3, -0.25) is 9.59 Å². The molecule has 0 saturated heterocycles. The highest BCUT2D eigenvalue weighted by Crippen LogP contribution is 2.78. The summed E-state index contributed by atoms with van der Waals surface area (Å²) in [6, 6.07) is 8.11. The predicted molar refractivity (Wildman–Crippen MR) is 193 cm³/mol. The number of ether oxygens (including phenoxy) is 1. The number of carbonyl (C=O) groups is 2. The predicted octanol–water partition coefficient (Wildman–Crippen LogP) is 10.0. The largest absolute Gasteiger partial charge is 0.429 e. The summed E-state index contributed by atoms with van der Waals surface area (Å²) in [4.78, 5) is 27.6. The van der Waals surface area contributed by atoms with E-state index in [0.29, 0.717) is 53.5 Å². The zero-order chi connectivity index (χ0) is 34.2. The summed E-state index contributed by atoms with van der Waals surface area (Å²) in [5.41, 5.74) is 4.63. The zero-order valence-electron chi connectivity index (χ0n) is 31.1. The summed E-state index contributed by atoms with van der Waals surface area (Å²) in [5.74, 6) is 4.35. The summed E-state index contributed by atoms with van der Waals surface area (Å²) in [5, 5.41) is 0. The minimum atomic E-state index is -0.157. The molecule has 0 bridgehead atoms. The molecule has 5 aliphatic carbocycles. The SMILES string of the molecule is C=C(C)[C@@H]1CC[C@]2(C(=O)C[C@@H](C)CN(C)C)CC[C@]3(C)[C@H](CC[C@@H]4[C@@]5(C)CC=C(c6ccc(OC=O)cc6)C(C)(C)[C@@H]5CC[C@]43C)[C@@H]12. The first-order chi connectivity index (χ1) is 22.0. The molecule has 0 aromatic heterocycles. The first kappa shape index (κ1) is 34.7. The van der Waals surface area contributed by atoms with Crippen molar-refractivity contribution >= 4 is 17.8 Å². The Morgan fingerprint density at radius 1 is 0.957 bits per heavy atom. The van der Waals surface area contributed by atoms with Gasteiger partial charge in [-0.25, -0.2) is 0 Å². The average Bonchev–Trinajstić information content (AvgIpc) is 3.39. The third-order valence-electron chi connectivity index (χ3n) is 15.8. The molecular weight excluding hydrogens is 578 g/mol. The smallest absolute Gasteiger partial charge is 0.298 e. The molecule has 0 radical (unpaired) electrons. The van der Waals surface area contributed by atoms with E-state index in [1.165, 1.54) is 48.8 Å². The van der Waals surface area contributed by atoms with Crippen molar-refractivity contribution in [2.75, 3.05) is 20.6 Å². The molecule has 10 atom stereocenters. The van der Waals surface area contributed by atoms with Crippen LogP contribution >= 0.6 is 0 Å². The van der Waals surface area contributed by atoms with Gasteiger partial charge >= 0.3 is 0 Å². The van der Waals surface area contributed by atoms with Gasteiger partial charge in [-0.15, -0.1) is 0 Å². The maximum absolute atomic E-state index is 14.5. The van der Waals surface area contributed by atoms with E-state index in [9.17, 15) is 9.59 Å². The maximum atomic E-state index is 14.5. The van der Waals surface area contributed by atoms with Gasteiger partial charge in [0.1, 0.15) is 11.5 Å². The number of carbonyl (C=O) groups excluding carboxylic acids is 2. The molecular formula is C43H63NO3. The number of benzene rings is 1. The van der Waals surface area contributed by atoms with Gasteiger partial charge in [-0.1, -0.05) is 71.9 Å². The van der Waals surface area contributed by atoms with Gasteiger partial charge < -0.3 is 9.64 Å². The maximum Gasteiger partial charge on any atom is 0.298 e. The van der Waals surface area contributed by atoms with Crippen molar-refractivity contribution < 1.29 is 14.3 Å². The number of allylic oxidation sites excluding steroid dienone is 3. The number of hydrogen-bond acceptors (Lipinski definition) is 4. The molecule has 0 unspecified atom stereocenters. The van der Waals surface area contributed by atoms with E-state index in [-0.39, 0.29) is 27.1 Å². The van der Waals surface area contributed by atoms with Crippen molar-refractivity contribution in [3.8, 4) is 5.75 Å². The van der Waals surface area contributed by atoms with Crippen molar-refractivity contribution in [1.82, 2.24) is 4.90 Å². The minimum Gasteiger partial charge on any atom is -0.429 e. The second-order valence-corrected chi connectivity index (χ2v) is 18.6. The van der Waals surface area contributed by atoms with Crippen molar-refractivity contribution in [3.63, 3.8) is 0 Å². The van der Waals surface area contributed by atoms with Gasteiger partial charge in [0.15, 0.2) is 0 Å². The van der Waals surface area contributed by atoms with Gasteiger partial charge in [-0.05, 0) is 159 Å². The van der Waals surface area contributed by atoms with Crippen LogP contribution in [0.5, 0.6) is 5.75 Å². The highest BCUT2D eigenvalue weighted by Gasteiger charge is 2.71. The lowest BCUT2D eigenvalue weighted by Crippen LogP contribution is -2.66. The summed E-state index contributed by atoms with van der Waals surface area (Å²) >= 11 is 0. The number of nitrogens with zero attached hydrogens (tertiary/aromatic N) is 1. The third-order valence-corrected chi connectivity index (χ3v) is 15.8. The lowest BCUT2D eigenvalue weighted by atomic mass is 9.32. The van der Waals surface area contributed by atoms with Crippen LogP contribution in [0.1, 0.15) is 118 Å². The molecule has 4 fully saturated rings. The Kier molecular flexibility index (Phi) is 8.84. The quantitative estimate of drug-likeness (QED) is 0.199. The van der Waals surface area contributed by atoms with Crippen LogP contribution in [0, 0.1) is 62.6 Å². The number of ketones is 1. The molecule has 4 saturated carbocycles. The molecule has 6 rings (SSSR count). The number of hydrogen-bond donors (Lipinski definition) is 0. The molecule has 0 heterocycles. The van der Waals surface area contributed by atoms with Crippen LogP contribution < -0.4 is 4.74 Å². The number of fused-ring (bicyclic) bond motifs is 7. The van der Waals surface area contributed by atoms with Crippen LogP contribution in [0.25, 0.3) is 5.57 Å². The van der Waals surface area contributed by atoms with Crippen LogP contribution in [-0.4, -0.2) is 37.8 Å². The van der Waals surface area contributed by atoms with Crippen molar-refractivity contribution in [2.24, 2.45) is 62.6 Å². The van der Waals surface area contributed by atoms with E-state index in [1.54, 1.807) is 0 Å². The Bertz CT molecular complexity index is 1420. The third kappa shape index (κ3) is 5.16. The summed E-state index contributed by atoms with van der Waals surface area (Å²) < 4.78 is 5.10. The molecule has 4 nitrogen and oxygen atoms in total. The van der Waals surface area contributed by atoms with Crippen LogP contribution in [0.15, 0.2) is 42.5 Å². The Morgan fingerprint density at radius 2 is 1.66 bits per heavy atom. The second kappa shape index (κ2) is 12.0. The van der Waals surface area contributed by atoms with E-state index in [0.717, 1.165) is 38.6 Å². The fourth-order valence-electron chi connectivity index (χ4n) is 13.7. The molecule has 47 heavy (non-hydrogen) atoms. The zero-order valence-corrected chi connectivity index (χ0v) is 31.1. The molecule has 0 amide bonds. The lowest BCUT2D eigenvalue weighted by molar-refractivity contribution is -0.224. The van der Waals surface area contributed by atoms with Crippen LogP contribution in [0.3, 0.4) is 0 Å². The normalized spacial score (nSPS) is 41.1. The standard InChI is InChI=1S/C43H63NO3/c1-28(2)32-17-22-43(37(46)25-29(3)26-44(9)10)24-23-41(7)34(38(32)43)15-16-36-40(6)20-18-33(30-11-13-31(14-12-30)47-27-45)39(4,5)35(40)19-21-42(36,41)8/h11-14,18,27,29,32,34-36,38H,1,15-17,19-26H2,2-10H3/t29-,32+,34-,35+,36-,38-,40+,41-,42-,43-/m1/s1. The van der Waals surface area contributed by atoms with E-state index < -0.39 is 0 Å². The van der Waals surface area contributed by atoms with Gasteiger partial charge in [0, 0.05) is 18.4 Å². The van der Waals surface area contributed by atoms with E-state index in [4.69, 9.17) is 4.74 Å². The van der Waals surface area contributed by atoms with Crippen molar-refractivity contribution in [2.45, 2.75) is 113 Å². The van der Waals surface area contributed by atoms with Gasteiger partial charge in [-0.2, -0.15) is 0 Å². The van der Waals surface area contributed by atoms with E-state index in [1.807, 2.05) is 12.1 Å². The fraction of sp³-hybridized carbons (Fsp3) is 0.721. The molecule has 258 valence electrons. The first-order valence-electron chi connectivity index (χ1n) is 18.8. The van der Waals surface area contributed by atoms with Crippen molar-refractivity contribution in [3.05, 3.63) is 48.1 Å². The number of rotatable bonds is 9. The van der Waals surface area contributed by atoms with Gasteiger partial charge in [0.05, 0.1) is 0 Å². The second-order valence-electron chi connectivity index (χ2n) is 18.6. The molecule has 4 heteroatoms. The Labute approximate surface area is 286 Å². The number of Topliss-reactive ketones (excluding diaryl/α,β-unsaturated/α-hetero) is 1. The topological polar surface area (TPSA) is 46.6 Å². The molecule has 0 aliphatic heterocycles. The molecule has 5 aliphatic rings. The van der Waals surface area contributed by atoms with E-state index >= 15 is 0 Å². The lowest BCUT2D eigenvalue weighted by Gasteiger charge is -2.72. The fourth-order valence-corrected chi connectivity index (χ4v) is 13.7. The van der Waals surface area contributed by atoms with Crippen LogP contribution in [0.2, 0.25) is 0 Å². The molecule has 0 spiro atoms. The van der Waals surface area contributed by atoms with Gasteiger partial charge in [0.25, 0.3) is 6.47 Å². The van der Waals surface area contributed by atoms with E-state index in [2.05, 4.69) is 92.2 Å². The Hall–Kier alpha value is -2.20. The highest BCUT2D eigenvalue weighted by molar-refractivity contribution is 5.86. The Balaban J connectivity index is 1.33. The average molecular weight is 642 g/mol. The summed E-state index contributed by atoms with van der Waals surface area (Å²) in [6.45, 7) is 23.6. The molecule has 1 aromatic rings. The Morgan fingerprint density at radius 3 is 2.30 bits per heavy atom. The van der Waals surface area contributed by atoms with Crippen LogP contribution in [0.4, 0.5) is 0 Å². The highest BCUT2D eigenvalue weighted by atomic mass is 16.5. The molecule has 0 N–H and O–H groups in total. The molecule has 1 aromatic carbocycles. The first-order valence-corrected chi connectivity index (χ1v) is 18.8. The van der Waals surface area contributed by atoms with Crippen LogP contribution in [-0.2, 0) is 9.59 Å². The minimum absolute atomic E-state index is 0.0486. The van der Waals surface area contributed by atoms with Crippen molar-refractivity contribution in [1.29, 1.82) is 0 Å². The van der Waals surface area contributed by atoms with Gasteiger partial charge in [0.2, 0.25) is 0 Å².